The van der Waals surface area contributed by atoms with E-state index in [0.717, 1.165) is 15.7 Å². The lowest BCUT2D eigenvalue weighted by Gasteiger charge is -2.25. The first-order valence-corrected chi connectivity index (χ1v) is 7.65. The van der Waals surface area contributed by atoms with Crippen molar-refractivity contribution in [2.24, 2.45) is 0 Å². The number of anilines is 2. The zero-order valence-corrected chi connectivity index (χ0v) is 14.0. The summed E-state index contributed by atoms with van der Waals surface area (Å²) in [6.07, 6.45) is 3.40. The van der Waals surface area contributed by atoms with Gasteiger partial charge in [0.05, 0.1) is 17.6 Å². The van der Waals surface area contributed by atoms with Gasteiger partial charge in [-0.1, -0.05) is 45.7 Å². The maximum atomic E-state index is 10.5. The van der Waals surface area contributed by atoms with Crippen LogP contribution in [0, 0.1) is 0 Å². The van der Waals surface area contributed by atoms with Crippen molar-refractivity contribution in [3.05, 3.63) is 71.0 Å². The smallest absolute Gasteiger partial charge is 0.235 e. The summed E-state index contributed by atoms with van der Waals surface area (Å²) < 4.78 is 0.896. The van der Waals surface area contributed by atoms with Gasteiger partial charge in [0.2, 0.25) is 5.88 Å². The fraction of sp³-hybridized carbons (Fsp3) is 0. The number of benzene rings is 1. The number of hydrogen-bond donors (Lipinski definition) is 1. The Balaban J connectivity index is 0.00000156. The summed E-state index contributed by atoms with van der Waals surface area (Å²) >= 11 is 9.34. The second kappa shape index (κ2) is 5.86. The number of nitrogens with zero attached hydrogens (tertiary/aromatic N) is 4. The lowest BCUT2D eigenvalue weighted by molar-refractivity contribution is 0.387. The first kappa shape index (κ1) is 15.8. The van der Waals surface area contributed by atoms with E-state index >= 15 is 0 Å². The fourth-order valence-electron chi connectivity index (χ4n) is 2.41. The van der Waals surface area contributed by atoms with Crippen molar-refractivity contribution < 1.29 is 10.6 Å². The van der Waals surface area contributed by atoms with E-state index in [2.05, 4.69) is 26.4 Å². The molecule has 117 valence electrons. The number of para-hydroxylation sites is 1. The maximum Gasteiger partial charge on any atom is 0.235 e. The highest BCUT2D eigenvalue weighted by atomic mass is 79.9. The molecule has 0 fully saturated rings. The highest BCUT2D eigenvalue weighted by molar-refractivity contribution is 9.15. The van der Waals surface area contributed by atoms with E-state index < -0.39 is 0 Å². The summed E-state index contributed by atoms with van der Waals surface area (Å²) in [4.78, 5) is 4.02. The van der Waals surface area contributed by atoms with Gasteiger partial charge in [-0.05, 0) is 29.8 Å². The normalized spacial score (nSPS) is 15.8. The van der Waals surface area contributed by atoms with Gasteiger partial charge in [0, 0.05) is 10.0 Å². The Hall–Kier alpha value is -2.06. The van der Waals surface area contributed by atoms with Gasteiger partial charge in [0.25, 0.3) is 0 Å². The minimum atomic E-state index is 0. The van der Waals surface area contributed by atoms with Crippen LogP contribution in [0.2, 0.25) is 5.15 Å². The summed E-state index contributed by atoms with van der Waals surface area (Å²) in [5.41, 5.74) is 7.59. The highest BCUT2D eigenvalue weighted by Crippen LogP contribution is 2.42. The van der Waals surface area contributed by atoms with E-state index in [-0.39, 0.29) is 11.4 Å². The third-order valence-electron chi connectivity index (χ3n) is 3.45. The van der Waals surface area contributed by atoms with Crippen molar-refractivity contribution in [1.82, 2.24) is 10.5 Å². The van der Waals surface area contributed by atoms with Crippen LogP contribution in [-0.4, -0.2) is 15.6 Å². The Bertz CT molecular complexity index is 822. The molecule has 3 N–H and O–H groups in total. The molecule has 0 saturated carbocycles. The molecule has 0 unspecified atom stereocenters. The molecule has 0 saturated heterocycles. The molecule has 0 spiro atoms. The molecule has 2 aromatic rings. The van der Waals surface area contributed by atoms with E-state index in [1.54, 1.807) is 23.3 Å². The van der Waals surface area contributed by atoms with E-state index in [4.69, 9.17) is 11.6 Å². The zero-order chi connectivity index (χ0) is 15.3. The molecule has 0 aliphatic carbocycles. The second-order valence-electron chi connectivity index (χ2n) is 4.77. The second-order valence-corrected chi connectivity index (χ2v) is 6.01. The van der Waals surface area contributed by atoms with Gasteiger partial charge >= 0.3 is 0 Å². The topological polar surface area (TPSA) is 85.2 Å². The van der Waals surface area contributed by atoms with Crippen LogP contribution in [0.3, 0.4) is 0 Å². The molecule has 6 nitrogen and oxygen atoms in total. The van der Waals surface area contributed by atoms with Crippen molar-refractivity contribution in [2.45, 2.75) is 0 Å². The number of halogens is 2. The van der Waals surface area contributed by atoms with Crippen molar-refractivity contribution >= 4 is 43.4 Å². The van der Waals surface area contributed by atoms with Gasteiger partial charge < -0.3 is 10.6 Å². The standard InChI is InChI=1S/C15H9BrClN4O.H2O/c16-11-7-13-15(22)20(9-5-6-14(17)18-8-9)19-21(13)12-4-2-1-3-10(11)12;/h1-8,22H;1H2. The SMILES string of the molecule is O.OC1=C2C=C(Br)c3ccccc3N2[N]N1c1ccc(Cl)nc1. The molecule has 3 heterocycles. The lowest BCUT2D eigenvalue weighted by atomic mass is 10.1. The van der Waals surface area contributed by atoms with E-state index in [0.29, 0.717) is 16.5 Å². The minimum absolute atomic E-state index is 0. The monoisotopic (exact) mass is 393 g/mol. The van der Waals surface area contributed by atoms with Crippen molar-refractivity contribution in [1.29, 1.82) is 0 Å². The number of hydrogen-bond acceptors (Lipinski definition) is 4. The van der Waals surface area contributed by atoms with Crippen LogP contribution in [0.1, 0.15) is 5.56 Å². The molecule has 0 amide bonds. The van der Waals surface area contributed by atoms with Crippen LogP contribution >= 0.6 is 27.5 Å². The van der Waals surface area contributed by atoms with Crippen LogP contribution in [0.15, 0.2) is 60.3 Å². The van der Waals surface area contributed by atoms with Crippen LogP contribution in [0.4, 0.5) is 11.4 Å². The number of aliphatic hydroxyl groups excluding tert-OH is 1. The first-order chi connectivity index (χ1) is 10.6. The van der Waals surface area contributed by atoms with Gasteiger partial charge in [-0.3, -0.25) is 0 Å². The number of allylic oxidation sites excluding steroid dienone is 1. The quantitative estimate of drug-likeness (QED) is 0.753. The molecule has 0 atom stereocenters. The molecule has 1 aromatic heterocycles. The molecular formula is C15H11BrClN4O2. The van der Waals surface area contributed by atoms with Crippen LogP contribution in [0.25, 0.3) is 4.48 Å². The molecule has 23 heavy (non-hydrogen) atoms. The van der Waals surface area contributed by atoms with Crippen molar-refractivity contribution in [3.63, 3.8) is 0 Å². The number of pyridine rings is 1. The molecule has 2 aliphatic heterocycles. The number of aromatic nitrogens is 1. The average molecular weight is 395 g/mol. The predicted molar refractivity (Wildman–Crippen MR) is 93.0 cm³/mol. The Labute approximate surface area is 145 Å². The first-order valence-electron chi connectivity index (χ1n) is 6.48. The molecule has 1 aromatic carbocycles. The van der Waals surface area contributed by atoms with Gasteiger partial charge in [0.15, 0.2) is 0 Å². The predicted octanol–water partition coefficient (Wildman–Crippen LogP) is 3.15. The number of aliphatic hydroxyl groups is 1. The number of rotatable bonds is 1. The molecule has 1 radical (unpaired) electrons. The van der Waals surface area contributed by atoms with Gasteiger partial charge in [0.1, 0.15) is 10.9 Å². The zero-order valence-electron chi connectivity index (χ0n) is 11.6. The summed E-state index contributed by atoms with van der Waals surface area (Å²) in [6, 6.07) is 11.2. The lowest BCUT2D eigenvalue weighted by Crippen LogP contribution is -2.35. The Morgan fingerprint density at radius 2 is 1.87 bits per heavy atom. The van der Waals surface area contributed by atoms with Crippen molar-refractivity contribution in [2.75, 3.05) is 10.0 Å². The third-order valence-corrected chi connectivity index (χ3v) is 4.33. The molecule has 0 bridgehead atoms. The summed E-state index contributed by atoms with van der Waals surface area (Å²) in [6.45, 7) is 0. The largest absolute Gasteiger partial charge is 0.492 e. The fourth-order valence-corrected chi connectivity index (χ4v) is 3.08. The van der Waals surface area contributed by atoms with E-state index in [1.165, 1.54) is 5.01 Å². The Morgan fingerprint density at radius 1 is 1.09 bits per heavy atom. The van der Waals surface area contributed by atoms with Gasteiger partial charge in [-0.15, -0.1) is 0 Å². The molecule has 2 aliphatic rings. The summed E-state index contributed by atoms with van der Waals surface area (Å²) in [7, 11) is 0. The van der Waals surface area contributed by atoms with Crippen LogP contribution < -0.4 is 15.6 Å². The summed E-state index contributed by atoms with van der Waals surface area (Å²) in [5, 5.41) is 14.0. The highest BCUT2D eigenvalue weighted by Gasteiger charge is 2.35. The molecular weight excluding hydrogens is 384 g/mol. The van der Waals surface area contributed by atoms with Gasteiger partial charge in [-0.25, -0.2) is 15.0 Å². The maximum absolute atomic E-state index is 10.5. The summed E-state index contributed by atoms with van der Waals surface area (Å²) in [5.74, 6) is 0.0376. The Kier molecular flexibility index (Phi) is 4.03. The Morgan fingerprint density at radius 3 is 2.61 bits per heavy atom. The van der Waals surface area contributed by atoms with E-state index in [9.17, 15) is 5.11 Å². The van der Waals surface area contributed by atoms with Crippen LogP contribution in [-0.2, 0) is 0 Å². The van der Waals surface area contributed by atoms with Crippen LogP contribution in [0.5, 0.6) is 0 Å². The van der Waals surface area contributed by atoms with Crippen molar-refractivity contribution in [3.8, 4) is 0 Å². The third kappa shape index (κ3) is 2.47. The molecule has 8 heteroatoms. The average Bonchev–Trinajstić information content (AvgIpc) is 2.86. The number of fused-ring (bicyclic) bond motifs is 3. The molecule has 4 rings (SSSR count). The minimum Gasteiger partial charge on any atom is -0.492 e. The van der Waals surface area contributed by atoms with Gasteiger partial charge in [-0.2, -0.15) is 0 Å². The van der Waals surface area contributed by atoms with E-state index in [1.807, 2.05) is 30.3 Å².